The van der Waals surface area contributed by atoms with Gasteiger partial charge in [-0.15, -0.1) is 0 Å². The highest BCUT2D eigenvalue weighted by molar-refractivity contribution is 5.83. The van der Waals surface area contributed by atoms with Crippen molar-refractivity contribution in [2.75, 3.05) is 45.9 Å². The number of fused-ring (bicyclic) bond motifs is 1. The number of hydrogen-bond donors (Lipinski definition) is 1. The predicted molar refractivity (Wildman–Crippen MR) is 133 cm³/mol. The summed E-state index contributed by atoms with van der Waals surface area (Å²) in [6.45, 7) is 9.15. The number of likely N-dealkylation sites (tertiary alicyclic amines) is 1. The Balaban J connectivity index is 1.07. The van der Waals surface area contributed by atoms with E-state index in [0.717, 1.165) is 45.2 Å². The number of carbonyl (C=O) groups is 2. The number of piperazine rings is 1. The zero-order valence-corrected chi connectivity index (χ0v) is 20.6. The summed E-state index contributed by atoms with van der Waals surface area (Å²) in [5.74, 6) is 0.495. The second-order valence-electron chi connectivity index (χ2n) is 10.4. The highest BCUT2D eigenvalue weighted by Gasteiger charge is 2.59. The first kappa shape index (κ1) is 23.2. The molecule has 3 aliphatic rings. The molecule has 0 radical (unpaired) electrons. The minimum atomic E-state index is -0.260. The van der Waals surface area contributed by atoms with Gasteiger partial charge in [0.25, 0.3) is 0 Å². The highest BCUT2D eigenvalue weighted by Crippen LogP contribution is 2.60. The van der Waals surface area contributed by atoms with Crippen molar-refractivity contribution in [2.45, 2.75) is 52.0 Å². The number of para-hydroxylation sites is 1. The molecule has 2 atom stereocenters. The van der Waals surface area contributed by atoms with Gasteiger partial charge in [0.1, 0.15) is 0 Å². The lowest BCUT2D eigenvalue weighted by molar-refractivity contribution is -0.135. The van der Waals surface area contributed by atoms with Gasteiger partial charge in [0.15, 0.2) is 0 Å². The summed E-state index contributed by atoms with van der Waals surface area (Å²) in [5.41, 5.74) is 2.85. The van der Waals surface area contributed by atoms with Crippen LogP contribution in [0.25, 0.3) is 10.9 Å². The smallest absolute Gasteiger partial charge is 0.409 e. The molecular formula is C27H38N4O3. The fourth-order valence-corrected chi connectivity index (χ4v) is 6.09. The second-order valence-corrected chi connectivity index (χ2v) is 10.4. The average Bonchev–Trinajstić information content (AvgIpc) is 3.40. The minimum Gasteiger partial charge on any atom is -0.450 e. The molecule has 7 heteroatoms. The summed E-state index contributed by atoms with van der Waals surface area (Å²) >= 11 is 0. The van der Waals surface area contributed by atoms with Crippen LogP contribution >= 0.6 is 0 Å². The number of aryl methyl sites for hydroxylation is 1. The van der Waals surface area contributed by atoms with Crippen LogP contribution in [0.3, 0.4) is 0 Å². The number of aromatic amines is 1. The molecule has 1 aliphatic carbocycles. The normalized spacial score (nSPS) is 23.3. The number of hydrogen-bond acceptors (Lipinski definition) is 4. The molecule has 3 fully saturated rings. The molecular weight excluding hydrogens is 428 g/mol. The van der Waals surface area contributed by atoms with Crippen LogP contribution in [-0.4, -0.2) is 83.6 Å². The Morgan fingerprint density at radius 1 is 1.09 bits per heavy atom. The molecule has 5 rings (SSSR count). The third kappa shape index (κ3) is 4.54. The van der Waals surface area contributed by atoms with Gasteiger partial charge < -0.3 is 24.4 Å². The van der Waals surface area contributed by atoms with Gasteiger partial charge in [-0.2, -0.15) is 0 Å². The van der Waals surface area contributed by atoms with Crippen molar-refractivity contribution in [3.05, 3.63) is 36.0 Å². The molecule has 34 heavy (non-hydrogen) atoms. The van der Waals surface area contributed by atoms with E-state index in [2.05, 4.69) is 47.3 Å². The third-order valence-corrected chi connectivity index (χ3v) is 8.53. The molecule has 1 aromatic carbocycles. The van der Waals surface area contributed by atoms with Crippen molar-refractivity contribution < 1.29 is 14.3 Å². The van der Waals surface area contributed by atoms with Gasteiger partial charge in [-0.25, -0.2) is 4.79 Å². The SMILES string of the molecule is CCOC(=O)N1CCN(C(=O)[C@H]2CC23CCN([C@@H](C)CCc2c[nH]c4ccccc24)CC3)CC1. The standard InChI is InChI=1S/C27H38N4O3/c1-3-34-26(33)31-16-14-30(15-17-31)25(32)23-18-27(23)10-12-29(13-11-27)20(2)8-9-21-19-28-24-7-5-4-6-22(21)24/h4-7,19-20,23,28H,3,8-18H2,1-2H3/t20-,23+/m0/s1. The first-order chi connectivity index (χ1) is 16.5. The molecule has 184 valence electrons. The lowest BCUT2D eigenvalue weighted by Crippen LogP contribution is -2.51. The average molecular weight is 467 g/mol. The number of nitrogens with one attached hydrogen (secondary N) is 1. The van der Waals surface area contributed by atoms with Crippen molar-refractivity contribution in [1.82, 2.24) is 19.7 Å². The van der Waals surface area contributed by atoms with Crippen LogP contribution < -0.4 is 0 Å². The van der Waals surface area contributed by atoms with Crippen LogP contribution in [0.5, 0.6) is 0 Å². The van der Waals surface area contributed by atoms with Crippen molar-refractivity contribution in [3.63, 3.8) is 0 Å². The van der Waals surface area contributed by atoms with Gasteiger partial charge in [0, 0.05) is 55.2 Å². The Morgan fingerprint density at radius 2 is 1.79 bits per heavy atom. The van der Waals surface area contributed by atoms with Gasteiger partial charge in [0.2, 0.25) is 5.91 Å². The summed E-state index contributed by atoms with van der Waals surface area (Å²) in [6.07, 6.45) is 7.45. The van der Waals surface area contributed by atoms with Gasteiger partial charge in [-0.05, 0) is 76.1 Å². The third-order valence-electron chi connectivity index (χ3n) is 8.53. The fraction of sp³-hybridized carbons (Fsp3) is 0.630. The summed E-state index contributed by atoms with van der Waals surface area (Å²) in [4.78, 5) is 34.8. The minimum absolute atomic E-state index is 0.185. The zero-order valence-electron chi connectivity index (χ0n) is 20.6. The molecule has 2 aliphatic heterocycles. The summed E-state index contributed by atoms with van der Waals surface area (Å²) in [7, 11) is 0. The molecule has 1 aromatic heterocycles. The molecule has 2 amide bonds. The van der Waals surface area contributed by atoms with Crippen LogP contribution in [0.2, 0.25) is 0 Å². The Bertz CT molecular complexity index is 1020. The Labute approximate surface area is 202 Å². The molecule has 0 bridgehead atoms. The molecule has 1 spiro atoms. The van der Waals surface area contributed by atoms with Crippen LogP contribution in [0.4, 0.5) is 4.79 Å². The van der Waals surface area contributed by atoms with E-state index in [1.807, 2.05) is 11.8 Å². The number of piperidine rings is 1. The number of nitrogens with zero attached hydrogens (tertiary/aromatic N) is 3. The van der Waals surface area contributed by atoms with Gasteiger partial charge in [-0.3, -0.25) is 4.79 Å². The molecule has 2 saturated heterocycles. The maximum absolute atomic E-state index is 13.2. The molecule has 7 nitrogen and oxygen atoms in total. The van der Waals surface area contributed by atoms with Crippen LogP contribution in [-0.2, 0) is 16.0 Å². The van der Waals surface area contributed by atoms with E-state index < -0.39 is 0 Å². The number of carbonyl (C=O) groups excluding carboxylic acids is 2. The van der Waals surface area contributed by atoms with E-state index in [0.29, 0.717) is 44.7 Å². The first-order valence-corrected chi connectivity index (χ1v) is 13.0. The number of amides is 2. The predicted octanol–water partition coefficient (Wildman–Crippen LogP) is 3.89. The Hall–Kier alpha value is -2.54. The Kier molecular flexibility index (Phi) is 6.56. The molecule has 3 heterocycles. The second kappa shape index (κ2) is 9.61. The maximum Gasteiger partial charge on any atom is 0.409 e. The summed E-state index contributed by atoms with van der Waals surface area (Å²) in [5, 5.41) is 1.34. The van der Waals surface area contributed by atoms with E-state index in [9.17, 15) is 9.59 Å². The van der Waals surface area contributed by atoms with Crippen LogP contribution in [0.1, 0.15) is 45.1 Å². The summed E-state index contributed by atoms with van der Waals surface area (Å²) < 4.78 is 5.09. The topological polar surface area (TPSA) is 68.9 Å². The number of H-pyrrole nitrogens is 1. The molecule has 0 unspecified atom stereocenters. The number of ether oxygens (including phenoxy) is 1. The number of aromatic nitrogens is 1. The lowest BCUT2D eigenvalue weighted by atomic mass is 9.89. The van der Waals surface area contributed by atoms with Gasteiger partial charge in [-0.1, -0.05) is 18.2 Å². The van der Waals surface area contributed by atoms with Crippen LogP contribution in [0, 0.1) is 11.3 Å². The molecule has 2 aromatic rings. The summed E-state index contributed by atoms with van der Waals surface area (Å²) in [6, 6.07) is 9.08. The fourth-order valence-electron chi connectivity index (χ4n) is 6.09. The van der Waals surface area contributed by atoms with Crippen LogP contribution in [0.15, 0.2) is 30.5 Å². The highest BCUT2D eigenvalue weighted by atomic mass is 16.6. The quantitative estimate of drug-likeness (QED) is 0.701. The zero-order chi connectivity index (χ0) is 23.7. The van der Waals surface area contributed by atoms with E-state index in [4.69, 9.17) is 4.74 Å². The first-order valence-electron chi connectivity index (χ1n) is 13.0. The van der Waals surface area contributed by atoms with E-state index in [1.165, 1.54) is 16.5 Å². The van der Waals surface area contributed by atoms with E-state index in [1.54, 1.807) is 4.90 Å². The largest absolute Gasteiger partial charge is 0.450 e. The number of benzene rings is 1. The monoisotopic (exact) mass is 466 g/mol. The van der Waals surface area contributed by atoms with E-state index >= 15 is 0 Å². The van der Waals surface area contributed by atoms with Crippen molar-refractivity contribution in [2.24, 2.45) is 11.3 Å². The Morgan fingerprint density at radius 3 is 2.53 bits per heavy atom. The van der Waals surface area contributed by atoms with Gasteiger partial charge in [0.05, 0.1) is 6.61 Å². The van der Waals surface area contributed by atoms with E-state index in [-0.39, 0.29) is 17.4 Å². The number of rotatable bonds is 6. The molecule has 1 N–H and O–H groups in total. The van der Waals surface area contributed by atoms with Gasteiger partial charge >= 0.3 is 6.09 Å². The maximum atomic E-state index is 13.2. The molecule has 1 saturated carbocycles. The lowest BCUT2D eigenvalue weighted by Gasteiger charge is -2.38. The van der Waals surface area contributed by atoms with Crippen molar-refractivity contribution >= 4 is 22.9 Å². The van der Waals surface area contributed by atoms with Crippen molar-refractivity contribution in [3.8, 4) is 0 Å². The van der Waals surface area contributed by atoms with Crippen molar-refractivity contribution in [1.29, 1.82) is 0 Å².